The fourth-order valence-electron chi connectivity index (χ4n) is 2.29. The van der Waals surface area contributed by atoms with Gasteiger partial charge in [0, 0.05) is 32.7 Å². The third kappa shape index (κ3) is 4.01. The smallest absolute Gasteiger partial charge is 0.317 e. The minimum absolute atomic E-state index is 0.104. The SMILES string of the molecule is Cc1ccc(CN2CCN(CC(=O)O)CC2)cc1F. The Labute approximate surface area is 112 Å². The molecule has 0 unspecified atom stereocenters. The summed E-state index contributed by atoms with van der Waals surface area (Å²) in [6.07, 6.45) is 0. The van der Waals surface area contributed by atoms with Crippen LogP contribution in [0.2, 0.25) is 0 Å². The standard InChI is InChI=1S/C14H19FN2O2/c1-11-2-3-12(8-13(11)15)9-16-4-6-17(7-5-16)10-14(18)19/h2-3,8H,4-7,9-10H2,1H3,(H,18,19). The minimum Gasteiger partial charge on any atom is -0.480 e. The molecule has 4 nitrogen and oxygen atoms in total. The monoisotopic (exact) mass is 266 g/mol. The topological polar surface area (TPSA) is 43.8 Å². The van der Waals surface area contributed by atoms with Crippen LogP contribution in [-0.2, 0) is 11.3 Å². The lowest BCUT2D eigenvalue weighted by Gasteiger charge is -2.33. The van der Waals surface area contributed by atoms with E-state index in [9.17, 15) is 9.18 Å². The van der Waals surface area contributed by atoms with Crippen LogP contribution in [0.4, 0.5) is 4.39 Å². The van der Waals surface area contributed by atoms with Crippen LogP contribution in [0.5, 0.6) is 0 Å². The van der Waals surface area contributed by atoms with Crippen LogP contribution in [0.1, 0.15) is 11.1 Å². The molecule has 19 heavy (non-hydrogen) atoms. The number of carbonyl (C=O) groups is 1. The normalized spacial score (nSPS) is 17.6. The van der Waals surface area contributed by atoms with E-state index >= 15 is 0 Å². The van der Waals surface area contributed by atoms with Crippen molar-refractivity contribution in [3.05, 3.63) is 35.1 Å². The molecule has 1 aromatic carbocycles. The quantitative estimate of drug-likeness (QED) is 0.893. The van der Waals surface area contributed by atoms with Gasteiger partial charge in [0.05, 0.1) is 6.54 Å². The summed E-state index contributed by atoms with van der Waals surface area (Å²) in [4.78, 5) is 14.8. The molecule has 1 fully saturated rings. The average molecular weight is 266 g/mol. The zero-order valence-corrected chi connectivity index (χ0v) is 11.1. The highest BCUT2D eigenvalue weighted by Crippen LogP contribution is 2.12. The first-order valence-corrected chi connectivity index (χ1v) is 6.46. The van der Waals surface area contributed by atoms with Crippen molar-refractivity contribution in [3.63, 3.8) is 0 Å². The van der Waals surface area contributed by atoms with Gasteiger partial charge in [-0.3, -0.25) is 14.6 Å². The summed E-state index contributed by atoms with van der Waals surface area (Å²) in [6, 6.07) is 5.33. The van der Waals surface area contributed by atoms with Crippen LogP contribution in [0.25, 0.3) is 0 Å². The molecule has 1 N–H and O–H groups in total. The lowest BCUT2D eigenvalue weighted by atomic mass is 10.1. The van der Waals surface area contributed by atoms with Gasteiger partial charge in [-0.05, 0) is 24.1 Å². The first-order chi connectivity index (χ1) is 9.04. The summed E-state index contributed by atoms with van der Waals surface area (Å²) < 4.78 is 13.4. The van der Waals surface area contributed by atoms with Crippen molar-refractivity contribution in [2.45, 2.75) is 13.5 Å². The average Bonchev–Trinajstić information content (AvgIpc) is 2.36. The Bertz CT molecular complexity index is 457. The first kappa shape index (κ1) is 14.0. The summed E-state index contributed by atoms with van der Waals surface area (Å²) >= 11 is 0. The van der Waals surface area contributed by atoms with Crippen molar-refractivity contribution in [2.24, 2.45) is 0 Å². The Hall–Kier alpha value is -1.46. The molecule has 2 rings (SSSR count). The predicted molar refractivity (Wildman–Crippen MR) is 70.5 cm³/mol. The Morgan fingerprint density at radius 1 is 1.26 bits per heavy atom. The van der Waals surface area contributed by atoms with E-state index in [1.807, 2.05) is 11.0 Å². The maximum atomic E-state index is 13.4. The van der Waals surface area contributed by atoms with Gasteiger partial charge < -0.3 is 5.11 Å². The Morgan fingerprint density at radius 2 is 1.89 bits per heavy atom. The van der Waals surface area contributed by atoms with E-state index in [1.165, 1.54) is 0 Å². The molecular weight excluding hydrogens is 247 g/mol. The van der Waals surface area contributed by atoms with Crippen molar-refractivity contribution in [3.8, 4) is 0 Å². The fourth-order valence-corrected chi connectivity index (χ4v) is 2.29. The number of piperazine rings is 1. The molecular formula is C14H19FN2O2. The van der Waals surface area contributed by atoms with E-state index in [2.05, 4.69) is 4.90 Å². The van der Waals surface area contributed by atoms with Crippen LogP contribution < -0.4 is 0 Å². The van der Waals surface area contributed by atoms with Gasteiger partial charge in [0.15, 0.2) is 0 Å². The van der Waals surface area contributed by atoms with Gasteiger partial charge in [-0.2, -0.15) is 0 Å². The molecule has 0 amide bonds. The summed E-state index contributed by atoms with van der Waals surface area (Å²) in [5, 5.41) is 8.73. The Morgan fingerprint density at radius 3 is 2.47 bits per heavy atom. The Kier molecular flexibility index (Phi) is 4.50. The van der Waals surface area contributed by atoms with Gasteiger partial charge in [0.2, 0.25) is 0 Å². The van der Waals surface area contributed by atoms with Crippen molar-refractivity contribution >= 4 is 5.97 Å². The summed E-state index contributed by atoms with van der Waals surface area (Å²) in [7, 11) is 0. The van der Waals surface area contributed by atoms with Gasteiger partial charge in [-0.15, -0.1) is 0 Å². The van der Waals surface area contributed by atoms with Gasteiger partial charge in [-0.25, -0.2) is 4.39 Å². The zero-order valence-electron chi connectivity index (χ0n) is 11.1. The van der Waals surface area contributed by atoms with Crippen LogP contribution >= 0.6 is 0 Å². The molecule has 1 aliphatic rings. The van der Waals surface area contributed by atoms with E-state index in [4.69, 9.17) is 5.11 Å². The number of hydrogen-bond acceptors (Lipinski definition) is 3. The van der Waals surface area contributed by atoms with Crippen molar-refractivity contribution < 1.29 is 14.3 Å². The van der Waals surface area contributed by atoms with E-state index in [0.29, 0.717) is 5.56 Å². The fraction of sp³-hybridized carbons (Fsp3) is 0.500. The molecule has 0 radical (unpaired) electrons. The number of halogens is 1. The van der Waals surface area contributed by atoms with Crippen LogP contribution in [0, 0.1) is 12.7 Å². The molecule has 0 aliphatic carbocycles. The van der Waals surface area contributed by atoms with Crippen LogP contribution in [-0.4, -0.2) is 53.6 Å². The highest BCUT2D eigenvalue weighted by atomic mass is 19.1. The second kappa shape index (κ2) is 6.12. The van der Waals surface area contributed by atoms with E-state index in [-0.39, 0.29) is 12.4 Å². The minimum atomic E-state index is -0.783. The third-order valence-electron chi connectivity index (χ3n) is 3.47. The van der Waals surface area contributed by atoms with Crippen molar-refractivity contribution in [1.82, 2.24) is 9.80 Å². The summed E-state index contributed by atoms with van der Waals surface area (Å²) in [5.41, 5.74) is 1.63. The number of carboxylic acid groups (broad SMARTS) is 1. The maximum absolute atomic E-state index is 13.4. The van der Waals surface area contributed by atoms with Crippen LogP contribution in [0.15, 0.2) is 18.2 Å². The van der Waals surface area contributed by atoms with E-state index < -0.39 is 5.97 Å². The number of aliphatic carboxylic acids is 1. The second-order valence-electron chi connectivity index (χ2n) is 5.03. The molecule has 0 saturated carbocycles. The molecule has 104 valence electrons. The summed E-state index contributed by atoms with van der Waals surface area (Å²) in [6.45, 7) is 5.72. The zero-order chi connectivity index (χ0) is 13.8. The lowest BCUT2D eigenvalue weighted by molar-refractivity contribution is -0.138. The van der Waals surface area contributed by atoms with Gasteiger partial charge >= 0.3 is 5.97 Å². The predicted octanol–water partition coefficient (Wildman–Crippen LogP) is 1.34. The number of hydrogen-bond donors (Lipinski definition) is 1. The number of carboxylic acids is 1. The van der Waals surface area contributed by atoms with E-state index in [0.717, 1.165) is 38.3 Å². The van der Waals surface area contributed by atoms with Crippen LogP contribution in [0.3, 0.4) is 0 Å². The number of nitrogens with zero attached hydrogens (tertiary/aromatic N) is 2. The highest BCUT2D eigenvalue weighted by Gasteiger charge is 2.18. The van der Waals surface area contributed by atoms with Crippen molar-refractivity contribution in [2.75, 3.05) is 32.7 Å². The van der Waals surface area contributed by atoms with E-state index in [1.54, 1.807) is 19.1 Å². The highest BCUT2D eigenvalue weighted by molar-refractivity contribution is 5.69. The molecule has 1 aromatic rings. The molecule has 0 spiro atoms. The molecule has 0 bridgehead atoms. The number of rotatable bonds is 4. The molecule has 1 heterocycles. The second-order valence-corrected chi connectivity index (χ2v) is 5.03. The summed E-state index contributed by atoms with van der Waals surface area (Å²) in [5.74, 6) is -0.948. The molecule has 0 aromatic heterocycles. The maximum Gasteiger partial charge on any atom is 0.317 e. The Balaban J connectivity index is 1.85. The third-order valence-corrected chi connectivity index (χ3v) is 3.47. The first-order valence-electron chi connectivity index (χ1n) is 6.46. The molecule has 1 saturated heterocycles. The van der Waals surface area contributed by atoms with Gasteiger partial charge in [-0.1, -0.05) is 12.1 Å². The lowest BCUT2D eigenvalue weighted by Crippen LogP contribution is -2.47. The molecule has 5 heteroatoms. The largest absolute Gasteiger partial charge is 0.480 e. The molecule has 0 atom stereocenters. The van der Waals surface area contributed by atoms with Gasteiger partial charge in [0.25, 0.3) is 0 Å². The van der Waals surface area contributed by atoms with Gasteiger partial charge in [0.1, 0.15) is 5.82 Å². The number of benzene rings is 1. The number of aryl methyl sites for hydroxylation is 1. The van der Waals surface area contributed by atoms with Crippen molar-refractivity contribution in [1.29, 1.82) is 0 Å². The molecule has 1 aliphatic heterocycles.